The van der Waals surface area contributed by atoms with Gasteiger partial charge < -0.3 is 18.6 Å². The van der Waals surface area contributed by atoms with E-state index in [1.54, 1.807) is 12.4 Å². The van der Waals surface area contributed by atoms with Gasteiger partial charge >= 0.3 is 5.76 Å². The van der Waals surface area contributed by atoms with Gasteiger partial charge in [-0.1, -0.05) is 31.4 Å². The molecule has 0 radical (unpaired) electrons. The van der Waals surface area contributed by atoms with E-state index in [1.807, 2.05) is 6.07 Å². The standard InChI is InChI=1S/C28H33ClN8O3/c1-16-4-6-17(7-5-16)14-37-23-22(19-11-20(29)13-30-12-19)31-25(26-34-35-28(38)40-26)32-24(23)33-27(37)36-9-2-3-18-15-39-10-8-21(18)36/h11-13,16-18,21H,2-10,14-15H2,1H3,(H,35,38). The molecule has 1 N–H and O–H groups in total. The quantitative estimate of drug-likeness (QED) is 0.366. The van der Waals surface area contributed by atoms with Crippen LogP contribution in [0.15, 0.2) is 27.7 Å². The first-order chi connectivity index (χ1) is 19.5. The van der Waals surface area contributed by atoms with Crippen LogP contribution in [0, 0.1) is 17.8 Å². The summed E-state index contributed by atoms with van der Waals surface area (Å²) >= 11 is 6.39. The largest absolute Gasteiger partial charge is 0.434 e. The fraction of sp³-hybridized carbons (Fsp3) is 0.571. The number of imidazole rings is 1. The molecule has 2 unspecified atom stereocenters. The number of aromatic amines is 1. The van der Waals surface area contributed by atoms with Crippen molar-refractivity contribution in [3.05, 3.63) is 34.0 Å². The highest BCUT2D eigenvalue weighted by atomic mass is 35.5. The minimum absolute atomic E-state index is 0.0166. The van der Waals surface area contributed by atoms with E-state index in [1.165, 1.54) is 32.1 Å². The number of fused-ring (bicyclic) bond motifs is 2. The molecule has 1 saturated carbocycles. The molecule has 3 fully saturated rings. The van der Waals surface area contributed by atoms with E-state index < -0.39 is 5.76 Å². The molecule has 210 valence electrons. The van der Waals surface area contributed by atoms with Gasteiger partial charge in [0.15, 0.2) is 5.65 Å². The lowest BCUT2D eigenvalue weighted by atomic mass is 9.83. The molecule has 4 aromatic heterocycles. The van der Waals surface area contributed by atoms with Crippen LogP contribution in [0.3, 0.4) is 0 Å². The molecular formula is C28H33ClN8O3. The van der Waals surface area contributed by atoms with Crippen molar-refractivity contribution in [3.8, 4) is 23.0 Å². The Hall–Kier alpha value is -3.31. The number of H-pyrrole nitrogens is 1. The third kappa shape index (κ3) is 4.79. The second kappa shape index (κ2) is 10.6. The molecule has 0 spiro atoms. The van der Waals surface area contributed by atoms with Gasteiger partial charge in [0.2, 0.25) is 11.8 Å². The minimum Gasteiger partial charge on any atom is -0.384 e. The van der Waals surface area contributed by atoms with Gasteiger partial charge in [-0.15, -0.1) is 5.10 Å². The molecule has 6 heterocycles. The first kappa shape index (κ1) is 25.6. The van der Waals surface area contributed by atoms with Gasteiger partial charge in [-0.25, -0.2) is 19.9 Å². The van der Waals surface area contributed by atoms with Crippen LogP contribution in [0.1, 0.15) is 51.9 Å². The Labute approximate surface area is 236 Å². The Morgan fingerprint density at radius 2 is 1.98 bits per heavy atom. The molecule has 7 rings (SSSR count). The van der Waals surface area contributed by atoms with Crippen LogP contribution in [-0.2, 0) is 11.3 Å². The maximum Gasteiger partial charge on any atom is 0.434 e. The van der Waals surface area contributed by atoms with Crippen molar-refractivity contribution >= 4 is 28.7 Å². The Kier molecular flexibility index (Phi) is 6.79. The second-order valence-corrected chi connectivity index (χ2v) is 12.0. The summed E-state index contributed by atoms with van der Waals surface area (Å²) < 4.78 is 13.4. The Morgan fingerprint density at radius 3 is 2.77 bits per heavy atom. The van der Waals surface area contributed by atoms with Gasteiger partial charge in [-0.05, 0) is 50.0 Å². The normalized spacial score (nSPS) is 25.3. The van der Waals surface area contributed by atoms with Gasteiger partial charge in [0.05, 0.1) is 11.6 Å². The molecule has 2 atom stereocenters. The number of nitrogens with zero attached hydrogens (tertiary/aromatic N) is 7. The molecule has 12 heteroatoms. The molecule has 2 aliphatic heterocycles. The highest BCUT2D eigenvalue weighted by Crippen LogP contribution is 2.39. The van der Waals surface area contributed by atoms with Crippen molar-refractivity contribution in [3.63, 3.8) is 0 Å². The summed E-state index contributed by atoms with van der Waals surface area (Å²) in [5.41, 5.74) is 2.77. The monoisotopic (exact) mass is 564 g/mol. The van der Waals surface area contributed by atoms with E-state index >= 15 is 0 Å². The van der Waals surface area contributed by atoms with Crippen molar-refractivity contribution in [2.45, 2.75) is 64.5 Å². The molecular weight excluding hydrogens is 532 g/mol. The second-order valence-electron chi connectivity index (χ2n) is 11.6. The van der Waals surface area contributed by atoms with Gasteiger partial charge in [0, 0.05) is 49.6 Å². The Morgan fingerprint density at radius 1 is 1.10 bits per heavy atom. The first-order valence-corrected chi connectivity index (χ1v) is 14.7. The molecule has 0 amide bonds. The average Bonchev–Trinajstić information content (AvgIpc) is 3.57. The lowest BCUT2D eigenvalue weighted by Crippen LogP contribution is -2.50. The van der Waals surface area contributed by atoms with Gasteiger partial charge in [-0.2, -0.15) is 4.98 Å². The van der Waals surface area contributed by atoms with Crippen LogP contribution in [0.4, 0.5) is 5.95 Å². The topological polar surface area (TPSA) is 128 Å². The number of rotatable bonds is 5. The Balaban J connectivity index is 1.44. The zero-order chi connectivity index (χ0) is 27.2. The van der Waals surface area contributed by atoms with E-state index in [0.717, 1.165) is 62.1 Å². The number of piperidine rings is 1. The summed E-state index contributed by atoms with van der Waals surface area (Å²) in [4.78, 5) is 33.4. The third-order valence-corrected chi connectivity index (χ3v) is 9.04. The van der Waals surface area contributed by atoms with E-state index in [9.17, 15) is 4.79 Å². The van der Waals surface area contributed by atoms with Crippen LogP contribution in [0.25, 0.3) is 34.1 Å². The number of aromatic nitrogens is 7. The smallest absolute Gasteiger partial charge is 0.384 e. The van der Waals surface area contributed by atoms with Crippen molar-refractivity contribution in [1.82, 2.24) is 34.7 Å². The SMILES string of the molecule is CC1CCC(Cn2c(N3CCCC4COCCC43)nc3nc(-c4n[nH]c(=O)o4)nc(-c4cncc(Cl)c4)c32)CC1. The molecule has 40 heavy (non-hydrogen) atoms. The number of ether oxygens (including phenoxy) is 1. The lowest BCUT2D eigenvalue weighted by molar-refractivity contribution is 0.0278. The number of hydrogen-bond donors (Lipinski definition) is 1. The number of hydrogen-bond acceptors (Lipinski definition) is 9. The summed E-state index contributed by atoms with van der Waals surface area (Å²) in [6.07, 6.45) is 11.4. The molecule has 11 nitrogen and oxygen atoms in total. The Bertz CT molecular complexity index is 1570. The van der Waals surface area contributed by atoms with E-state index in [-0.39, 0.29) is 11.7 Å². The summed E-state index contributed by atoms with van der Waals surface area (Å²) in [5, 5.41) is 6.80. The van der Waals surface area contributed by atoms with Crippen molar-refractivity contribution < 1.29 is 9.15 Å². The fourth-order valence-electron chi connectivity index (χ4n) is 6.76. The van der Waals surface area contributed by atoms with Gasteiger partial charge in [-0.3, -0.25) is 4.98 Å². The summed E-state index contributed by atoms with van der Waals surface area (Å²) in [6, 6.07) is 2.22. The molecule has 0 bridgehead atoms. The maximum atomic E-state index is 11.8. The van der Waals surface area contributed by atoms with Crippen LogP contribution < -0.4 is 10.7 Å². The summed E-state index contributed by atoms with van der Waals surface area (Å²) in [6.45, 7) is 5.68. The van der Waals surface area contributed by atoms with Crippen LogP contribution >= 0.6 is 11.6 Å². The summed E-state index contributed by atoms with van der Waals surface area (Å²) in [5.74, 6) is 2.26. The van der Waals surface area contributed by atoms with E-state index in [0.29, 0.717) is 34.2 Å². The number of nitrogens with one attached hydrogen (secondary N) is 1. The summed E-state index contributed by atoms with van der Waals surface area (Å²) in [7, 11) is 0. The van der Waals surface area contributed by atoms with E-state index in [4.69, 9.17) is 35.7 Å². The predicted octanol–water partition coefficient (Wildman–Crippen LogP) is 4.72. The highest BCUT2D eigenvalue weighted by Gasteiger charge is 2.37. The van der Waals surface area contributed by atoms with Crippen LogP contribution in [0.5, 0.6) is 0 Å². The molecule has 2 saturated heterocycles. The van der Waals surface area contributed by atoms with E-state index in [2.05, 4.69) is 31.6 Å². The van der Waals surface area contributed by atoms with Crippen LogP contribution in [-0.4, -0.2) is 60.5 Å². The van der Waals surface area contributed by atoms with Crippen molar-refractivity contribution in [2.24, 2.45) is 17.8 Å². The van der Waals surface area contributed by atoms with Crippen molar-refractivity contribution in [1.29, 1.82) is 0 Å². The number of pyridine rings is 1. The zero-order valence-corrected chi connectivity index (χ0v) is 23.3. The maximum absolute atomic E-state index is 11.8. The number of anilines is 1. The zero-order valence-electron chi connectivity index (χ0n) is 22.6. The minimum atomic E-state index is -0.665. The van der Waals surface area contributed by atoms with Gasteiger partial charge in [0.25, 0.3) is 5.89 Å². The molecule has 4 aromatic rings. The number of halogens is 1. The third-order valence-electron chi connectivity index (χ3n) is 8.83. The lowest BCUT2D eigenvalue weighted by Gasteiger charge is -2.44. The molecule has 0 aromatic carbocycles. The first-order valence-electron chi connectivity index (χ1n) is 14.3. The molecule has 1 aliphatic carbocycles. The fourth-order valence-corrected chi connectivity index (χ4v) is 6.93. The van der Waals surface area contributed by atoms with Crippen LogP contribution in [0.2, 0.25) is 5.02 Å². The average molecular weight is 565 g/mol. The molecule has 3 aliphatic rings. The van der Waals surface area contributed by atoms with Gasteiger partial charge in [0.1, 0.15) is 11.2 Å². The predicted molar refractivity (Wildman–Crippen MR) is 150 cm³/mol. The highest BCUT2D eigenvalue weighted by molar-refractivity contribution is 6.30. The van der Waals surface area contributed by atoms with Crippen molar-refractivity contribution in [2.75, 3.05) is 24.7 Å².